The number of allylic oxidation sites excluding steroid dienone is 1. The molecule has 0 atom stereocenters. The van der Waals surface area contributed by atoms with Crippen molar-refractivity contribution in [2.45, 2.75) is 33.1 Å². The lowest BCUT2D eigenvalue weighted by Gasteiger charge is -2.33. The molecule has 1 aliphatic rings. The molecule has 0 aliphatic heterocycles. The lowest BCUT2D eigenvalue weighted by Crippen LogP contribution is -2.26. The van der Waals surface area contributed by atoms with E-state index in [-0.39, 0.29) is 0 Å². The fraction of sp³-hybridized carbons (Fsp3) is 0.667. The molecular weight excluding hydrogens is 154 g/mol. The van der Waals surface area contributed by atoms with E-state index in [0.29, 0.717) is 5.41 Å². The van der Waals surface area contributed by atoms with E-state index in [9.17, 15) is 0 Å². The lowest BCUT2D eigenvalue weighted by molar-refractivity contribution is 0.270. The predicted octanol–water partition coefficient (Wildman–Crippen LogP) is 3.43. The highest BCUT2D eigenvalue weighted by Crippen LogP contribution is 2.38. The van der Waals surface area contributed by atoms with Crippen LogP contribution in [0.25, 0.3) is 0 Å². The topological polar surface area (TPSA) is 12.4 Å². The van der Waals surface area contributed by atoms with E-state index in [0.717, 1.165) is 0 Å². The summed E-state index contributed by atoms with van der Waals surface area (Å²) < 4.78 is 4.26. The van der Waals surface area contributed by atoms with Crippen molar-refractivity contribution < 1.29 is 0 Å². The van der Waals surface area contributed by atoms with Crippen LogP contribution in [0.2, 0.25) is 0 Å². The lowest BCUT2D eigenvalue weighted by atomic mass is 9.72. The molecule has 0 spiro atoms. The Kier molecular flexibility index (Phi) is 3.18. The summed E-state index contributed by atoms with van der Waals surface area (Å²) >= 11 is 1.52. The number of rotatable bonds is 3. The molecule has 0 bridgehead atoms. The van der Waals surface area contributed by atoms with Crippen molar-refractivity contribution in [2.24, 2.45) is 9.81 Å². The van der Waals surface area contributed by atoms with Crippen molar-refractivity contribution in [3.05, 3.63) is 11.5 Å². The standard InChI is InChI=1S/C9H15NS/c1-3-7-11-10-8-9(2)5-4-6-9/h3,7-8H,4-6H2,1-2H3/b7-3+,10-8-. The first-order valence-electron chi connectivity index (χ1n) is 4.08. The summed E-state index contributed by atoms with van der Waals surface area (Å²) in [5, 5.41) is 2.00. The predicted molar refractivity (Wildman–Crippen MR) is 52.9 cm³/mol. The molecule has 1 saturated carbocycles. The molecule has 1 aliphatic carbocycles. The smallest absolute Gasteiger partial charge is 0.0189 e. The van der Waals surface area contributed by atoms with Gasteiger partial charge in [-0.3, -0.25) is 0 Å². The second-order valence-corrected chi connectivity index (χ2v) is 4.01. The van der Waals surface area contributed by atoms with Crippen molar-refractivity contribution in [3.63, 3.8) is 0 Å². The van der Waals surface area contributed by atoms with Crippen LogP contribution in [-0.2, 0) is 0 Å². The maximum atomic E-state index is 4.26. The van der Waals surface area contributed by atoms with Gasteiger partial charge in [0.25, 0.3) is 0 Å². The van der Waals surface area contributed by atoms with E-state index in [1.807, 2.05) is 18.4 Å². The van der Waals surface area contributed by atoms with Crippen molar-refractivity contribution in [1.29, 1.82) is 0 Å². The van der Waals surface area contributed by atoms with E-state index in [1.165, 1.54) is 31.2 Å². The van der Waals surface area contributed by atoms with Crippen LogP contribution >= 0.6 is 11.9 Å². The van der Waals surface area contributed by atoms with E-state index in [1.54, 1.807) is 0 Å². The van der Waals surface area contributed by atoms with Crippen LogP contribution in [0, 0.1) is 5.41 Å². The minimum atomic E-state index is 0.425. The summed E-state index contributed by atoms with van der Waals surface area (Å²) in [4.78, 5) is 0. The van der Waals surface area contributed by atoms with E-state index in [4.69, 9.17) is 0 Å². The second kappa shape index (κ2) is 3.96. The van der Waals surface area contributed by atoms with Crippen LogP contribution in [0.5, 0.6) is 0 Å². The first-order chi connectivity index (χ1) is 5.27. The Labute approximate surface area is 73.1 Å². The van der Waals surface area contributed by atoms with Gasteiger partial charge in [-0.2, -0.15) is 0 Å². The summed E-state index contributed by atoms with van der Waals surface area (Å²) in [5.74, 6) is 0. The zero-order valence-corrected chi connectivity index (χ0v) is 8.03. The number of nitrogens with zero attached hydrogens (tertiary/aromatic N) is 1. The minimum absolute atomic E-state index is 0.425. The summed E-state index contributed by atoms with van der Waals surface area (Å²) in [6.45, 7) is 4.28. The molecule has 0 aromatic rings. The molecule has 2 heteroatoms. The molecule has 0 unspecified atom stereocenters. The Balaban J connectivity index is 2.23. The highest BCUT2D eigenvalue weighted by molar-refractivity contribution is 8.01. The molecule has 1 nitrogen and oxygen atoms in total. The number of hydrogen-bond donors (Lipinski definition) is 0. The normalized spacial score (nSPS) is 22.7. The monoisotopic (exact) mass is 169 g/mol. The van der Waals surface area contributed by atoms with Crippen molar-refractivity contribution in [3.8, 4) is 0 Å². The molecule has 62 valence electrons. The van der Waals surface area contributed by atoms with Gasteiger partial charge in [-0.15, -0.1) is 0 Å². The maximum absolute atomic E-state index is 4.26. The Hall–Kier alpha value is -0.240. The zero-order valence-electron chi connectivity index (χ0n) is 7.21. The molecule has 0 heterocycles. The summed E-state index contributed by atoms with van der Waals surface area (Å²) in [7, 11) is 0. The minimum Gasteiger partial charge on any atom is -0.224 e. The molecule has 0 amide bonds. The Morgan fingerprint density at radius 1 is 1.45 bits per heavy atom. The first-order valence-corrected chi connectivity index (χ1v) is 4.92. The molecule has 11 heavy (non-hydrogen) atoms. The Morgan fingerprint density at radius 2 is 2.18 bits per heavy atom. The van der Waals surface area contributed by atoms with Gasteiger partial charge < -0.3 is 0 Å². The quantitative estimate of drug-likeness (QED) is 0.466. The molecular formula is C9H15NS. The van der Waals surface area contributed by atoms with Crippen LogP contribution in [0.15, 0.2) is 15.9 Å². The van der Waals surface area contributed by atoms with Crippen LogP contribution in [-0.4, -0.2) is 6.21 Å². The van der Waals surface area contributed by atoms with Crippen LogP contribution in [0.1, 0.15) is 33.1 Å². The van der Waals surface area contributed by atoms with Crippen molar-refractivity contribution in [1.82, 2.24) is 0 Å². The summed E-state index contributed by atoms with van der Waals surface area (Å²) in [6.07, 6.45) is 8.10. The molecule has 0 radical (unpaired) electrons. The molecule has 0 saturated heterocycles. The molecule has 1 rings (SSSR count). The third-order valence-electron chi connectivity index (χ3n) is 2.12. The largest absolute Gasteiger partial charge is 0.224 e. The van der Waals surface area contributed by atoms with Gasteiger partial charge in [-0.1, -0.05) is 19.4 Å². The maximum Gasteiger partial charge on any atom is 0.0189 e. The summed E-state index contributed by atoms with van der Waals surface area (Å²) in [5.41, 5.74) is 0.425. The Morgan fingerprint density at radius 3 is 2.64 bits per heavy atom. The van der Waals surface area contributed by atoms with Gasteiger partial charge in [-0.25, -0.2) is 4.40 Å². The van der Waals surface area contributed by atoms with Gasteiger partial charge in [0.05, 0.1) is 0 Å². The molecule has 1 fully saturated rings. The number of hydrogen-bond acceptors (Lipinski definition) is 2. The second-order valence-electron chi connectivity index (χ2n) is 3.32. The van der Waals surface area contributed by atoms with Gasteiger partial charge in [0.15, 0.2) is 0 Å². The molecule has 0 aromatic carbocycles. The molecule has 0 N–H and O–H groups in total. The van der Waals surface area contributed by atoms with E-state index < -0.39 is 0 Å². The molecule has 0 aromatic heterocycles. The average molecular weight is 169 g/mol. The van der Waals surface area contributed by atoms with Crippen LogP contribution in [0.4, 0.5) is 0 Å². The zero-order chi connectivity index (χ0) is 8.16. The van der Waals surface area contributed by atoms with Gasteiger partial charge in [0, 0.05) is 23.6 Å². The summed E-state index contributed by atoms with van der Waals surface area (Å²) in [6, 6.07) is 0. The van der Waals surface area contributed by atoms with Crippen molar-refractivity contribution in [2.75, 3.05) is 0 Å². The van der Waals surface area contributed by atoms with Gasteiger partial charge in [0.1, 0.15) is 0 Å². The third-order valence-corrected chi connectivity index (χ3v) is 2.74. The van der Waals surface area contributed by atoms with E-state index in [2.05, 4.69) is 17.5 Å². The van der Waals surface area contributed by atoms with Gasteiger partial charge in [-0.05, 0) is 25.2 Å². The SMILES string of the molecule is C/C=C/S/N=C\C1(C)CCC1. The fourth-order valence-electron chi connectivity index (χ4n) is 1.12. The van der Waals surface area contributed by atoms with Crippen molar-refractivity contribution >= 4 is 18.2 Å². The highest BCUT2D eigenvalue weighted by atomic mass is 32.2. The Bertz CT molecular complexity index is 168. The van der Waals surface area contributed by atoms with Crippen LogP contribution in [0.3, 0.4) is 0 Å². The van der Waals surface area contributed by atoms with Crippen LogP contribution < -0.4 is 0 Å². The highest BCUT2D eigenvalue weighted by Gasteiger charge is 2.29. The van der Waals surface area contributed by atoms with E-state index >= 15 is 0 Å². The van der Waals surface area contributed by atoms with Gasteiger partial charge >= 0.3 is 0 Å². The fourth-order valence-corrected chi connectivity index (χ4v) is 1.62. The third kappa shape index (κ3) is 2.70. The van der Waals surface area contributed by atoms with Gasteiger partial charge in [0.2, 0.25) is 0 Å². The average Bonchev–Trinajstić information content (AvgIpc) is 1.95. The first kappa shape index (κ1) is 8.85.